The molecule has 0 aromatic carbocycles. The maximum absolute atomic E-state index is 12.3. The van der Waals surface area contributed by atoms with Crippen molar-refractivity contribution in [2.75, 3.05) is 16.6 Å². The molecule has 108 valence electrons. The average molecular weight is 297 g/mol. The Morgan fingerprint density at radius 1 is 1.40 bits per heavy atom. The van der Waals surface area contributed by atoms with Gasteiger partial charge in [0.15, 0.2) is 10.9 Å². The summed E-state index contributed by atoms with van der Waals surface area (Å²) in [7, 11) is -3.88. The normalized spacial score (nSPS) is 11.3. The van der Waals surface area contributed by atoms with Crippen LogP contribution in [0.3, 0.4) is 0 Å². The van der Waals surface area contributed by atoms with Crippen molar-refractivity contribution in [2.45, 2.75) is 25.3 Å². The third-order valence-corrected chi connectivity index (χ3v) is 3.62. The molecule has 0 saturated carbocycles. The van der Waals surface area contributed by atoms with Crippen LogP contribution in [0.5, 0.6) is 0 Å². The van der Waals surface area contributed by atoms with Gasteiger partial charge in [0.2, 0.25) is 0 Å². The molecule has 2 aromatic rings. The average Bonchev–Trinajstić information content (AvgIpc) is 2.81. The molecule has 0 aliphatic rings. The summed E-state index contributed by atoms with van der Waals surface area (Å²) in [5.41, 5.74) is 0.429. The molecule has 0 spiro atoms. The number of rotatable bonds is 6. The standard InChI is InChI=1S/C11H15N5O3S/c1-3-6-12-9-5-4-7-13-10(9)20(17,18)16-11-14-8(2)15-19-11/h4-5,7,12H,3,6H2,1-2H3,(H,14,15,16). The maximum Gasteiger partial charge on any atom is 0.335 e. The van der Waals surface area contributed by atoms with Crippen molar-refractivity contribution in [1.82, 2.24) is 15.1 Å². The van der Waals surface area contributed by atoms with Gasteiger partial charge in [-0.15, -0.1) is 0 Å². The van der Waals surface area contributed by atoms with Gasteiger partial charge in [-0.25, -0.2) is 9.71 Å². The van der Waals surface area contributed by atoms with E-state index in [4.69, 9.17) is 4.52 Å². The zero-order valence-corrected chi connectivity index (χ0v) is 11.9. The van der Waals surface area contributed by atoms with Crippen LogP contribution in [0.2, 0.25) is 0 Å². The van der Waals surface area contributed by atoms with E-state index >= 15 is 0 Å². The van der Waals surface area contributed by atoms with Crippen molar-refractivity contribution in [2.24, 2.45) is 0 Å². The van der Waals surface area contributed by atoms with Gasteiger partial charge in [-0.05, 0) is 25.5 Å². The monoisotopic (exact) mass is 297 g/mol. The second kappa shape index (κ2) is 5.87. The van der Waals surface area contributed by atoms with E-state index in [0.717, 1.165) is 6.42 Å². The fourth-order valence-corrected chi connectivity index (χ4v) is 2.54. The van der Waals surface area contributed by atoms with Crippen molar-refractivity contribution in [3.05, 3.63) is 24.2 Å². The fraction of sp³-hybridized carbons (Fsp3) is 0.364. The van der Waals surface area contributed by atoms with Crippen LogP contribution in [0.25, 0.3) is 0 Å². The van der Waals surface area contributed by atoms with Crippen molar-refractivity contribution < 1.29 is 12.9 Å². The van der Waals surface area contributed by atoms with E-state index in [9.17, 15) is 8.42 Å². The summed E-state index contributed by atoms with van der Waals surface area (Å²) >= 11 is 0. The number of nitrogens with one attached hydrogen (secondary N) is 2. The predicted octanol–water partition coefficient (Wildman–Crippen LogP) is 1.40. The molecule has 0 unspecified atom stereocenters. The topological polar surface area (TPSA) is 110 Å². The lowest BCUT2D eigenvalue weighted by Gasteiger charge is -2.10. The SMILES string of the molecule is CCCNc1cccnc1S(=O)(=O)Nc1nc(C)no1. The minimum absolute atomic E-state index is 0.107. The Labute approximate surface area is 116 Å². The summed E-state index contributed by atoms with van der Waals surface area (Å²) in [5.74, 6) is 0.341. The lowest BCUT2D eigenvalue weighted by molar-refractivity contribution is 0.429. The Bertz CT molecular complexity index is 683. The summed E-state index contributed by atoms with van der Waals surface area (Å²) < 4.78 is 31.5. The number of aromatic nitrogens is 3. The number of hydrogen-bond donors (Lipinski definition) is 2. The quantitative estimate of drug-likeness (QED) is 0.829. The van der Waals surface area contributed by atoms with Gasteiger partial charge in [0, 0.05) is 12.7 Å². The van der Waals surface area contributed by atoms with Gasteiger partial charge in [-0.3, -0.25) is 0 Å². The first-order chi connectivity index (χ1) is 9.53. The molecule has 0 bridgehead atoms. The van der Waals surface area contributed by atoms with Crippen molar-refractivity contribution in [3.8, 4) is 0 Å². The number of pyridine rings is 1. The van der Waals surface area contributed by atoms with E-state index in [1.807, 2.05) is 6.92 Å². The molecule has 0 fully saturated rings. The summed E-state index contributed by atoms with van der Waals surface area (Å²) in [4.78, 5) is 7.70. The summed E-state index contributed by atoms with van der Waals surface area (Å²) in [5, 5.41) is 6.42. The first kappa shape index (κ1) is 14.3. The molecule has 2 N–H and O–H groups in total. The Morgan fingerprint density at radius 2 is 2.20 bits per heavy atom. The highest BCUT2D eigenvalue weighted by Gasteiger charge is 2.22. The number of nitrogens with zero attached hydrogens (tertiary/aromatic N) is 3. The third-order valence-electron chi connectivity index (χ3n) is 2.34. The molecule has 8 nitrogen and oxygen atoms in total. The van der Waals surface area contributed by atoms with Crippen LogP contribution in [-0.2, 0) is 10.0 Å². The van der Waals surface area contributed by atoms with E-state index in [2.05, 4.69) is 25.2 Å². The zero-order chi connectivity index (χ0) is 14.6. The van der Waals surface area contributed by atoms with Crippen LogP contribution in [0.1, 0.15) is 19.2 Å². The maximum atomic E-state index is 12.3. The van der Waals surface area contributed by atoms with Crippen LogP contribution in [0.15, 0.2) is 27.9 Å². The molecule has 2 heterocycles. The second-order valence-electron chi connectivity index (χ2n) is 4.04. The second-order valence-corrected chi connectivity index (χ2v) is 5.63. The van der Waals surface area contributed by atoms with Gasteiger partial charge in [0.05, 0.1) is 5.69 Å². The zero-order valence-electron chi connectivity index (χ0n) is 11.1. The van der Waals surface area contributed by atoms with Crippen molar-refractivity contribution in [1.29, 1.82) is 0 Å². The summed E-state index contributed by atoms with van der Waals surface area (Å²) in [6.45, 7) is 4.22. The highest BCUT2D eigenvalue weighted by molar-refractivity contribution is 7.92. The van der Waals surface area contributed by atoms with Gasteiger partial charge in [0.25, 0.3) is 10.0 Å². The van der Waals surface area contributed by atoms with Gasteiger partial charge >= 0.3 is 6.01 Å². The van der Waals surface area contributed by atoms with Gasteiger partial charge in [-0.2, -0.15) is 13.4 Å². The Morgan fingerprint density at radius 3 is 2.85 bits per heavy atom. The molecular formula is C11H15N5O3S. The first-order valence-electron chi connectivity index (χ1n) is 6.05. The number of sulfonamides is 1. The predicted molar refractivity (Wildman–Crippen MR) is 72.9 cm³/mol. The fourth-order valence-electron chi connectivity index (χ4n) is 1.50. The van der Waals surface area contributed by atoms with E-state index in [0.29, 0.717) is 18.1 Å². The molecule has 0 aliphatic heterocycles. The number of hydrogen-bond acceptors (Lipinski definition) is 7. The van der Waals surface area contributed by atoms with Crippen LogP contribution in [0.4, 0.5) is 11.7 Å². The molecule has 2 aromatic heterocycles. The molecule has 0 saturated heterocycles. The molecule has 0 aliphatic carbocycles. The molecule has 2 rings (SSSR count). The minimum atomic E-state index is -3.88. The van der Waals surface area contributed by atoms with Crippen LogP contribution >= 0.6 is 0 Å². The molecule has 0 atom stereocenters. The molecule has 20 heavy (non-hydrogen) atoms. The van der Waals surface area contributed by atoms with Crippen LogP contribution < -0.4 is 10.0 Å². The van der Waals surface area contributed by atoms with Gasteiger partial charge < -0.3 is 9.84 Å². The van der Waals surface area contributed by atoms with Gasteiger partial charge in [0.1, 0.15) is 0 Å². The van der Waals surface area contributed by atoms with Crippen molar-refractivity contribution in [3.63, 3.8) is 0 Å². The molecular weight excluding hydrogens is 282 g/mol. The lowest BCUT2D eigenvalue weighted by Crippen LogP contribution is -2.17. The first-order valence-corrected chi connectivity index (χ1v) is 7.53. The Kier molecular flexibility index (Phi) is 4.18. The van der Waals surface area contributed by atoms with E-state index in [-0.39, 0.29) is 11.0 Å². The smallest absolute Gasteiger partial charge is 0.335 e. The van der Waals surface area contributed by atoms with Crippen LogP contribution in [0, 0.1) is 6.92 Å². The minimum Gasteiger partial charge on any atom is -0.383 e. The highest BCUT2D eigenvalue weighted by atomic mass is 32.2. The van der Waals surface area contributed by atoms with E-state index < -0.39 is 10.0 Å². The van der Waals surface area contributed by atoms with E-state index in [1.54, 1.807) is 19.1 Å². The Balaban J connectivity index is 2.29. The molecule has 9 heteroatoms. The number of aryl methyl sites for hydroxylation is 1. The lowest BCUT2D eigenvalue weighted by atomic mass is 10.4. The number of anilines is 2. The van der Waals surface area contributed by atoms with Gasteiger partial charge in [-0.1, -0.05) is 12.1 Å². The van der Waals surface area contributed by atoms with E-state index in [1.165, 1.54) is 6.20 Å². The molecule has 0 radical (unpaired) electrons. The van der Waals surface area contributed by atoms with Crippen LogP contribution in [-0.4, -0.2) is 30.1 Å². The highest BCUT2D eigenvalue weighted by Crippen LogP contribution is 2.20. The summed E-state index contributed by atoms with van der Waals surface area (Å²) in [6.07, 6.45) is 2.27. The van der Waals surface area contributed by atoms with Crippen molar-refractivity contribution >= 4 is 21.7 Å². The Hall–Kier alpha value is -2.16. The summed E-state index contributed by atoms with van der Waals surface area (Å²) in [6, 6.07) is 3.12. The largest absolute Gasteiger partial charge is 0.383 e. The molecule has 0 amide bonds. The third kappa shape index (κ3) is 3.23.